The van der Waals surface area contributed by atoms with Crippen molar-refractivity contribution in [3.8, 4) is 0 Å². The van der Waals surface area contributed by atoms with E-state index in [0.29, 0.717) is 23.0 Å². The minimum atomic E-state index is -0.611. The summed E-state index contributed by atoms with van der Waals surface area (Å²) in [6, 6.07) is 6.54. The zero-order chi connectivity index (χ0) is 15.0. The van der Waals surface area contributed by atoms with Gasteiger partial charge in [0.15, 0.2) is 5.65 Å². The van der Waals surface area contributed by atoms with Crippen molar-refractivity contribution in [1.82, 2.24) is 15.2 Å². The number of nitrogens with two attached hydrogens (primary N) is 1. The highest BCUT2D eigenvalue weighted by Crippen LogP contribution is 2.25. The number of H-pyrrole nitrogens is 1. The topological polar surface area (TPSA) is 84.7 Å². The van der Waals surface area contributed by atoms with Crippen molar-refractivity contribution in [3.05, 3.63) is 58.7 Å². The van der Waals surface area contributed by atoms with Gasteiger partial charge >= 0.3 is 0 Å². The van der Waals surface area contributed by atoms with Gasteiger partial charge in [-0.25, -0.2) is 9.37 Å². The predicted octanol–water partition coefficient (Wildman–Crippen LogP) is 2.10. The van der Waals surface area contributed by atoms with E-state index < -0.39 is 5.91 Å². The highest BCUT2D eigenvalue weighted by molar-refractivity contribution is 6.04. The fourth-order valence-corrected chi connectivity index (χ4v) is 2.38. The lowest BCUT2D eigenvalue weighted by Gasteiger charge is -2.08. The van der Waals surface area contributed by atoms with Crippen LogP contribution in [0.4, 0.5) is 4.39 Å². The van der Waals surface area contributed by atoms with Crippen LogP contribution in [0, 0.1) is 12.7 Å². The van der Waals surface area contributed by atoms with E-state index in [1.807, 2.05) is 6.92 Å². The molecule has 0 spiro atoms. The maximum absolute atomic E-state index is 13.9. The second-order valence-corrected chi connectivity index (χ2v) is 4.85. The summed E-state index contributed by atoms with van der Waals surface area (Å²) in [6.07, 6.45) is 2.00. The van der Waals surface area contributed by atoms with E-state index in [0.717, 1.165) is 11.1 Å². The third-order valence-electron chi connectivity index (χ3n) is 3.48. The summed E-state index contributed by atoms with van der Waals surface area (Å²) < 4.78 is 13.9. The van der Waals surface area contributed by atoms with Gasteiger partial charge in [-0.1, -0.05) is 18.2 Å². The molecule has 2 heterocycles. The van der Waals surface area contributed by atoms with E-state index in [2.05, 4.69) is 15.2 Å². The minimum absolute atomic E-state index is 0.201. The number of nitrogens with zero attached hydrogens (tertiary/aromatic N) is 2. The monoisotopic (exact) mass is 284 g/mol. The average Bonchev–Trinajstić information content (AvgIpc) is 2.88. The van der Waals surface area contributed by atoms with E-state index in [9.17, 15) is 9.18 Å². The molecule has 2 aromatic heterocycles. The molecular formula is C15H13FN4O. The van der Waals surface area contributed by atoms with Gasteiger partial charge in [0.2, 0.25) is 0 Å². The number of aryl methyl sites for hydroxylation is 1. The molecule has 0 aliphatic heterocycles. The van der Waals surface area contributed by atoms with Gasteiger partial charge in [-0.05, 0) is 29.7 Å². The van der Waals surface area contributed by atoms with Crippen molar-refractivity contribution in [2.75, 3.05) is 0 Å². The Morgan fingerprint density at radius 3 is 2.86 bits per heavy atom. The fraction of sp³-hybridized carbons (Fsp3) is 0.133. The molecule has 0 aliphatic rings. The molecule has 0 fully saturated rings. The number of fused-ring (bicyclic) bond motifs is 1. The van der Waals surface area contributed by atoms with E-state index in [1.165, 1.54) is 6.07 Å². The molecule has 0 unspecified atom stereocenters. The van der Waals surface area contributed by atoms with Crippen molar-refractivity contribution in [2.45, 2.75) is 13.3 Å². The number of pyridine rings is 1. The SMILES string of the molecule is Cc1cnc2n[nH]c(C(N)=O)c2c1Cc1ccccc1F. The maximum atomic E-state index is 13.9. The third-order valence-corrected chi connectivity index (χ3v) is 3.48. The Hall–Kier alpha value is -2.76. The number of hydrogen-bond acceptors (Lipinski definition) is 3. The Kier molecular flexibility index (Phi) is 3.13. The summed E-state index contributed by atoms with van der Waals surface area (Å²) in [7, 11) is 0. The summed E-state index contributed by atoms with van der Waals surface area (Å²) >= 11 is 0. The summed E-state index contributed by atoms with van der Waals surface area (Å²) in [6.45, 7) is 1.86. The molecular weight excluding hydrogens is 271 g/mol. The lowest BCUT2D eigenvalue weighted by atomic mass is 9.97. The molecule has 3 aromatic rings. The Bertz CT molecular complexity index is 841. The molecule has 1 aromatic carbocycles. The zero-order valence-electron chi connectivity index (χ0n) is 11.4. The molecule has 0 aliphatic carbocycles. The van der Waals surface area contributed by atoms with Gasteiger partial charge in [0.1, 0.15) is 11.5 Å². The van der Waals surface area contributed by atoms with E-state index in [4.69, 9.17) is 5.73 Å². The van der Waals surface area contributed by atoms with Crippen LogP contribution in [-0.4, -0.2) is 21.1 Å². The number of aromatic nitrogens is 3. The van der Waals surface area contributed by atoms with Gasteiger partial charge in [0, 0.05) is 12.6 Å². The summed E-state index contributed by atoms with van der Waals surface area (Å²) in [5, 5.41) is 7.14. The molecule has 106 valence electrons. The van der Waals surface area contributed by atoms with Crippen LogP contribution >= 0.6 is 0 Å². The quantitative estimate of drug-likeness (QED) is 0.772. The first kappa shape index (κ1) is 13.2. The largest absolute Gasteiger partial charge is 0.364 e. The first-order valence-corrected chi connectivity index (χ1v) is 6.43. The summed E-state index contributed by atoms with van der Waals surface area (Å²) in [5.41, 5.74) is 8.16. The normalized spacial score (nSPS) is 11.0. The number of hydrogen-bond donors (Lipinski definition) is 2. The molecule has 0 atom stereocenters. The van der Waals surface area contributed by atoms with Crippen LogP contribution in [-0.2, 0) is 6.42 Å². The standard InChI is InChI=1S/C15H13FN4O/c1-8-7-18-15-12(13(14(17)21)19-20-15)10(8)6-9-4-2-3-5-11(9)16/h2-5,7H,6H2,1H3,(H2,17,21)(H,18,19,20). The Morgan fingerprint density at radius 2 is 2.14 bits per heavy atom. The van der Waals surface area contributed by atoms with E-state index in [1.54, 1.807) is 24.4 Å². The number of primary amides is 1. The first-order chi connectivity index (χ1) is 10.1. The molecule has 5 nitrogen and oxygen atoms in total. The molecule has 3 rings (SSSR count). The van der Waals surface area contributed by atoms with Crippen LogP contribution in [0.3, 0.4) is 0 Å². The van der Waals surface area contributed by atoms with Gasteiger partial charge in [-0.2, -0.15) is 5.10 Å². The lowest BCUT2D eigenvalue weighted by Crippen LogP contribution is -2.12. The highest BCUT2D eigenvalue weighted by atomic mass is 19.1. The molecule has 1 amide bonds. The minimum Gasteiger partial charge on any atom is -0.364 e. The lowest BCUT2D eigenvalue weighted by molar-refractivity contribution is 0.0997. The molecule has 3 N–H and O–H groups in total. The molecule has 0 bridgehead atoms. The van der Waals surface area contributed by atoms with Crippen LogP contribution in [0.1, 0.15) is 27.2 Å². The van der Waals surface area contributed by atoms with Crippen LogP contribution in [0.15, 0.2) is 30.5 Å². The molecule has 0 radical (unpaired) electrons. The van der Waals surface area contributed by atoms with Crippen LogP contribution < -0.4 is 5.73 Å². The Balaban J connectivity index is 2.21. The fourth-order valence-electron chi connectivity index (χ4n) is 2.38. The molecule has 6 heteroatoms. The van der Waals surface area contributed by atoms with Crippen molar-refractivity contribution in [2.24, 2.45) is 5.73 Å². The van der Waals surface area contributed by atoms with Gasteiger partial charge in [0.05, 0.1) is 5.39 Å². The predicted molar refractivity (Wildman–Crippen MR) is 76.3 cm³/mol. The maximum Gasteiger partial charge on any atom is 0.267 e. The molecule has 0 saturated carbocycles. The number of nitrogens with one attached hydrogen (secondary N) is 1. The zero-order valence-corrected chi connectivity index (χ0v) is 11.4. The van der Waals surface area contributed by atoms with Gasteiger partial charge in [-0.3, -0.25) is 9.89 Å². The second kappa shape index (κ2) is 4.97. The summed E-state index contributed by atoms with van der Waals surface area (Å²) in [5.74, 6) is -0.898. The van der Waals surface area contributed by atoms with Crippen LogP contribution in [0.2, 0.25) is 0 Å². The molecule has 21 heavy (non-hydrogen) atoms. The van der Waals surface area contributed by atoms with Crippen LogP contribution in [0.5, 0.6) is 0 Å². The number of halogens is 1. The van der Waals surface area contributed by atoms with Gasteiger partial charge in [0.25, 0.3) is 5.91 Å². The van der Waals surface area contributed by atoms with E-state index >= 15 is 0 Å². The van der Waals surface area contributed by atoms with Crippen molar-refractivity contribution >= 4 is 16.9 Å². The number of rotatable bonds is 3. The Morgan fingerprint density at radius 1 is 1.38 bits per heavy atom. The Labute approximate surface area is 120 Å². The van der Waals surface area contributed by atoms with Gasteiger partial charge in [-0.15, -0.1) is 0 Å². The second-order valence-electron chi connectivity index (χ2n) is 4.85. The van der Waals surface area contributed by atoms with Crippen molar-refractivity contribution in [1.29, 1.82) is 0 Å². The first-order valence-electron chi connectivity index (χ1n) is 6.43. The number of benzene rings is 1. The highest BCUT2D eigenvalue weighted by Gasteiger charge is 2.18. The smallest absolute Gasteiger partial charge is 0.267 e. The number of carbonyl (C=O) groups excluding carboxylic acids is 1. The van der Waals surface area contributed by atoms with E-state index in [-0.39, 0.29) is 11.5 Å². The number of aromatic amines is 1. The summed E-state index contributed by atoms with van der Waals surface area (Å²) in [4.78, 5) is 15.7. The van der Waals surface area contributed by atoms with Crippen molar-refractivity contribution in [3.63, 3.8) is 0 Å². The number of carbonyl (C=O) groups is 1. The number of amides is 1. The average molecular weight is 284 g/mol. The van der Waals surface area contributed by atoms with Crippen LogP contribution in [0.25, 0.3) is 11.0 Å². The third kappa shape index (κ3) is 2.24. The van der Waals surface area contributed by atoms with Crippen molar-refractivity contribution < 1.29 is 9.18 Å². The van der Waals surface area contributed by atoms with Gasteiger partial charge < -0.3 is 5.73 Å². The molecule has 0 saturated heterocycles.